The van der Waals surface area contributed by atoms with Crippen molar-refractivity contribution >= 4 is 5.78 Å². The Morgan fingerprint density at radius 2 is 1.77 bits per heavy atom. The number of aliphatic hydroxyl groups excluding tert-OH is 1. The maximum Gasteiger partial charge on any atom is 0.165 e. The molecular formula is C11H14O2. The molecule has 0 spiro atoms. The van der Waals surface area contributed by atoms with Crippen LogP contribution < -0.4 is 0 Å². The zero-order valence-corrected chi connectivity index (χ0v) is 7.57. The van der Waals surface area contributed by atoms with Gasteiger partial charge in [-0.05, 0) is 43.4 Å². The zero-order valence-electron chi connectivity index (χ0n) is 7.57. The Morgan fingerprint density at radius 1 is 1.15 bits per heavy atom. The molecule has 4 saturated carbocycles. The van der Waals surface area contributed by atoms with Gasteiger partial charge in [0, 0.05) is 11.5 Å². The smallest absolute Gasteiger partial charge is 0.165 e. The molecule has 0 aromatic rings. The highest BCUT2D eigenvalue weighted by molar-refractivity contribution is 6.00. The Kier molecular flexibility index (Phi) is 1.38. The van der Waals surface area contributed by atoms with E-state index in [0.29, 0.717) is 23.7 Å². The fourth-order valence-electron chi connectivity index (χ4n) is 3.43. The predicted octanol–water partition coefficient (Wildman–Crippen LogP) is 2.06. The highest BCUT2D eigenvalue weighted by atomic mass is 16.2. The fraction of sp³-hybridized carbons (Fsp3) is 0.727. The molecule has 2 heteroatoms. The van der Waals surface area contributed by atoms with Gasteiger partial charge in [0.15, 0.2) is 5.78 Å². The third-order valence-electron chi connectivity index (χ3n) is 4.19. The number of carbonyl (C=O) groups excluding carboxylic acids is 1. The van der Waals surface area contributed by atoms with Gasteiger partial charge in [-0.2, -0.15) is 0 Å². The third kappa shape index (κ3) is 0.862. The molecule has 2 unspecified atom stereocenters. The summed E-state index contributed by atoms with van der Waals surface area (Å²) in [6.45, 7) is 0. The lowest BCUT2D eigenvalue weighted by molar-refractivity contribution is -0.117. The number of hydrogen-bond donors (Lipinski definition) is 1. The maximum absolute atomic E-state index is 11.9. The lowest BCUT2D eigenvalue weighted by Crippen LogP contribution is -2.11. The van der Waals surface area contributed by atoms with Gasteiger partial charge in [0.25, 0.3) is 0 Å². The Balaban J connectivity index is 2.05. The van der Waals surface area contributed by atoms with Crippen molar-refractivity contribution in [2.75, 3.05) is 0 Å². The van der Waals surface area contributed by atoms with Gasteiger partial charge in [0.2, 0.25) is 0 Å². The average Bonchev–Trinajstić information content (AvgIpc) is 2.82. The Hall–Kier alpha value is -0.790. The number of allylic oxidation sites excluding steroid dienone is 1. The van der Waals surface area contributed by atoms with Crippen LogP contribution in [0.5, 0.6) is 0 Å². The van der Waals surface area contributed by atoms with Gasteiger partial charge < -0.3 is 5.11 Å². The molecule has 2 nitrogen and oxygen atoms in total. The van der Waals surface area contributed by atoms with Gasteiger partial charge in [-0.15, -0.1) is 0 Å². The molecule has 4 atom stereocenters. The minimum absolute atomic E-state index is 0.262. The standard InChI is InChI=1S/C11H14O2/c12-5-9-6-1-3-7-8(4-2-6)10(7)11(9)13/h5-8,10,12H,1-4H2/b9-5+/t6?,7-,8+,10?. The molecule has 70 valence electrons. The summed E-state index contributed by atoms with van der Waals surface area (Å²) in [5.74, 6) is 2.28. The maximum atomic E-state index is 11.9. The zero-order chi connectivity index (χ0) is 9.00. The average molecular weight is 178 g/mol. The summed E-state index contributed by atoms with van der Waals surface area (Å²) in [5.41, 5.74) is 0.729. The summed E-state index contributed by atoms with van der Waals surface area (Å²) in [4.78, 5) is 11.9. The lowest BCUT2D eigenvalue weighted by Gasteiger charge is -2.12. The van der Waals surface area contributed by atoms with Crippen molar-refractivity contribution < 1.29 is 9.90 Å². The van der Waals surface area contributed by atoms with E-state index in [4.69, 9.17) is 5.11 Å². The quantitative estimate of drug-likeness (QED) is 0.455. The van der Waals surface area contributed by atoms with Crippen molar-refractivity contribution in [1.29, 1.82) is 0 Å². The molecule has 0 heterocycles. The van der Waals surface area contributed by atoms with Crippen LogP contribution in [0.15, 0.2) is 11.8 Å². The van der Waals surface area contributed by atoms with E-state index >= 15 is 0 Å². The van der Waals surface area contributed by atoms with Crippen molar-refractivity contribution in [3.05, 3.63) is 11.8 Å². The summed E-state index contributed by atoms with van der Waals surface area (Å²) in [5, 5.41) is 9.06. The van der Waals surface area contributed by atoms with E-state index in [1.807, 2.05) is 0 Å². The highest BCUT2D eigenvalue weighted by Crippen LogP contribution is 2.60. The van der Waals surface area contributed by atoms with E-state index < -0.39 is 0 Å². The minimum atomic E-state index is 0.262. The molecule has 4 bridgehead atoms. The number of fused-ring (bicyclic) bond motifs is 3. The SMILES string of the molecule is O=C1/C(=C/O)C2CC[C@@H]3C1[C@@H]3CC2. The van der Waals surface area contributed by atoms with Gasteiger partial charge in [0.05, 0.1) is 6.26 Å². The van der Waals surface area contributed by atoms with Crippen LogP contribution in [0.4, 0.5) is 0 Å². The monoisotopic (exact) mass is 178 g/mol. The van der Waals surface area contributed by atoms with E-state index in [1.54, 1.807) is 0 Å². The van der Waals surface area contributed by atoms with Crippen LogP contribution >= 0.6 is 0 Å². The second kappa shape index (κ2) is 2.37. The Labute approximate surface area is 77.6 Å². The first kappa shape index (κ1) is 7.60. The molecular weight excluding hydrogens is 164 g/mol. The van der Waals surface area contributed by atoms with Crippen LogP contribution in [0.3, 0.4) is 0 Å². The van der Waals surface area contributed by atoms with E-state index in [9.17, 15) is 4.79 Å². The minimum Gasteiger partial charge on any atom is -0.515 e. The normalized spacial score (nSPS) is 50.5. The first-order valence-corrected chi connectivity index (χ1v) is 5.21. The summed E-state index contributed by atoms with van der Waals surface area (Å²) >= 11 is 0. The second-order valence-corrected chi connectivity index (χ2v) is 4.65. The summed E-state index contributed by atoms with van der Waals surface area (Å²) < 4.78 is 0. The molecule has 4 aliphatic carbocycles. The summed E-state index contributed by atoms with van der Waals surface area (Å²) in [6.07, 6.45) is 5.74. The van der Waals surface area contributed by atoms with Crippen LogP contribution in [0, 0.1) is 23.7 Å². The number of aliphatic hydroxyl groups is 1. The van der Waals surface area contributed by atoms with Crippen LogP contribution in [-0.2, 0) is 4.79 Å². The van der Waals surface area contributed by atoms with Crippen molar-refractivity contribution in [2.45, 2.75) is 25.7 Å². The van der Waals surface area contributed by atoms with Crippen molar-refractivity contribution in [3.63, 3.8) is 0 Å². The van der Waals surface area contributed by atoms with Crippen molar-refractivity contribution in [2.24, 2.45) is 23.7 Å². The Morgan fingerprint density at radius 3 is 2.31 bits per heavy atom. The lowest BCUT2D eigenvalue weighted by atomic mass is 9.92. The molecule has 0 aromatic carbocycles. The molecule has 0 radical (unpaired) electrons. The highest BCUT2D eigenvalue weighted by Gasteiger charge is 2.58. The number of ketones is 1. The van der Waals surface area contributed by atoms with Gasteiger partial charge in [-0.3, -0.25) is 4.79 Å². The molecule has 4 fully saturated rings. The topological polar surface area (TPSA) is 37.3 Å². The van der Waals surface area contributed by atoms with Crippen molar-refractivity contribution in [3.8, 4) is 0 Å². The van der Waals surface area contributed by atoms with Gasteiger partial charge >= 0.3 is 0 Å². The summed E-state index contributed by atoms with van der Waals surface area (Å²) in [7, 11) is 0. The van der Waals surface area contributed by atoms with E-state index in [2.05, 4.69) is 0 Å². The van der Waals surface area contributed by atoms with Crippen LogP contribution in [0.25, 0.3) is 0 Å². The van der Waals surface area contributed by atoms with E-state index in [1.165, 1.54) is 12.8 Å². The molecule has 0 amide bonds. The van der Waals surface area contributed by atoms with Gasteiger partial charge in [-0.1, -0.05) is 0 Å². The van der Waals surface area contributed by atoms with Gasteiger partial charge in [-0.25, -0.2) is 0 Å². The largest absolute Gasteiger partial charge is 0.515 e. The first-order valence-electron chi connectivity index (χ1n) is 5.21. The molecule has 0 aliphatic heterocycles. The Bertz CT molecular complexity index is 278. The van der Waals surface area contributed by atoms with Gasteiger partial charge in [0.1, 0.15) is 0 Å². The molecule has 13 heavy (non-hydrogen) atoms. The fourth-order valence-corrected chi connectivity index (χ4v) is 3.43. The molecule has 4 aliphatic rings. The first-order chi connectivity index (χ1) is 6.33. The van der Waals surface area contributed by atoms with Crippen molar-refractivity contribution in [1.82, 2.24) is 0 Å². The van der Waals surface area contributed by atoms with Crippen LogP contribution in [-0.4, -0.2) is 10.9 Å². The second-order valence-electron chi connectivity index (χ2n) is 4.65. The van der Waals surface area contributed by atoms with Crippen LogP contribution in [0.1, 0.15) is 25.7 Å². The van der Waals surface area contributed by atoms with E-state index in [-0.39, 0.29) is 5.78 Å². The number of carbonyl (C=O) groups is 1. The third-order valence-corrected chi connectivity index (χ3v) is 4.19. The number of hydrogen-bond acceptors (Lipinski definition) is 2. The predicted molar refractivity (Wildman–Crippen MR) is 48.1 cm³/mol. The molecule has 1 N–H and O–H groups in total. The molecule has 4 rings (SSSR count). The van der Waals surface area contributed by atoms with Crippen LogP contribution in [0.2, 0.25) is 0 Å². The molecule has 0 saturated heterocycles. The summed E-state index contributed by atoms with van der Waals surface area (Å²) in [6, 6.07) is 0. The number of Topliss-reactive ketones (excluding diaryl/α,β-unsaturated/α-hetero) is 1. The van der Waals surface area contributed by atoms with E-state index in [0.717, 1.165) is 24.7 Å². The number of rotatable bonds is 0. The molecule has 0 aromatic heterocycles.